The predicted octanol–water partition coefficient (Wildman–Crippen LogP) is 2.94. The van der Waals surface area contributed by atoms with Gasteiger partial charge in [-0.1, -0.05) is 29.7 Å². The van der Waals surface area contributed by atoms with Crippen LogP contribution in [0.15, 0.2) is 36.4 Å². The molecule has 1 heterocycles. The van der Waals surface area contributed by atoms with E-state index >= 15 is 0 Å². The first-order valence-corrected chi connectivity index (χ1v) is 6.46. The Morgan fingerprint density at radius 3 is 2.55 bits per heavy atom. The van der Waals surface area contributed by atoms with Crippen LogP contribution in [0.2, 0.25) is 0 Å². The summed E-state index contributed by atoms with van der Waals surface area (Å²) in [6.45, 7) is 0. The number of carbonyl (C=O) groups is 1. The van der Waals surface area contributed by atoms with E-state index in [0.717, 1.165) is 12.1 Å². The molecule has 0 atom stereocenters. The second-order valence-electron chi connectivity index (χ2n) is 4.80. The number of halogens is 2. The van der Waals surface area contributed by atoms with E-state index in [1.165, 1.54) is 7.11 Å². The van der Waals surface area contributed by atoms with Crippen LogP contribution in [-0.2, 0) is 4.74 Å². The van der Waals surface area contributed by atoms with Gasteiger partial charge in [0.1, 0.15) is 19.5 Å². The average molecular weight is 299 g/mol. The van der Waals surface area contributed by atoms with Gasteiger partial charge in [-0.15, -0.1) is 0 Å². The molecular formula is C16H12BF2NO2. The largest absolute Gasteiger partial charge is 0.465 e. The third-order valence-electron chi connectivity index (χ3n) is 3.41. The monoisotopic (exact) mass is 299 g/mol. The summed E-state index contributed by atoms with van der Waals surface area (Å²) in [4.78, 5) is 14.9. The second-order valence-corrected chi connectivity index (χ2v) is 4.80. The van der Waals surface area contributed by atoms with Crippen molar-refractivity contribution in [1.82, 2.24) is 4.98 Å². The van der Waals surface area contributed by atoms with E-state index in [-0.39, 0.29) is 17.9 Å². The lowest BCUT2D eigenvalue weighted by atomic mass is 9.94. The molecule has 2 aromatic carbocycles. The third-order valence-corrected chi connectivity index (χ3v) is 3.41. The van der Waals surface area contributed by atoms with Crippen LogP contribution in [0.4, 0.5) is 8.78 Å². The fourth-order valence-electron chi connectivity index (χ4n) is 2.40. The van der Waals surface area contributed by atoms with E-state index in [2.05, 4.69) is 4.98 Å². The minimum absolute atomic E-state index is 0. The second kappa shape index (κ2) is 5.29. The standard InChI is InChI=1S/C16H10BF2NO2.H2/c1-22-16(21)13-11-6-10(18)7-12(19)15(11)20-14(13)8-2-4-9(17)5-3-8;/h2-7,20H,1H3;1H. The van der Waals surface area contributed by atoms with Gasteiger partial charge in [0.05, 0.1) is 23.9 Å². The molecule has 0 fully saturated rings. The number of aromatic amines is 1. The molecule has 0 spiro atoms. The number of aromatic nitrogens is 1. The van der Waals surface area contributed by atoms with Crippen LogP contribution in [-0.4, -0.2) is 25.9 Å². The molecule has 1 aromatic heterocycles. The van der Waals surface area contributed by atoms with Gasteiger partial charge in [-0.05, 0) is 11.6 Å². The van der Waals surface area contributed by atoms with E-state index < -0.39 is 17.6 Å². The SMILES string of the molecule is [B]c1ccc(-c2[nH]c3c(F)cc(F)cc3c2C(=O)OC)cc1.[HH]. The smallest absolute Gasteiger partial charge is 0.340 e. The number of hydrogen-bond acceptors (Lipinski definition) is 2. The van der Waals surface area contributed by atoms with Crippen molar-refractivity contribution in [1.29, 1.82) is 0 Å². The highest BCUT2D eigenvalue weighted by Gasteiger charge is 2.22. The molecule has 6 heteroatoms. The summed E-state index contributed by atoms with van der Waals surface area (Å²) >= 11 is 0. The lowest BCUT2D eigenvalue weighted by molar-refractivity contribution is 0.0604. The maximum absolute atomic E-state index is 13.9. The Balaban J connectivity index is 0.00000192. The minimum Gasteiger partial charge on any atom is -0.465 e. The molecular weight excluding hydrogens is 287 g/mol. The highest BCUT2D eigenvalue weighted by Crippen LogP contribution is 2.32. The first-order valence-electron chi connectivity index (χ1n) is 6.46. The first kappa shape index (κ1) is 14.3. The van der Waals surface area contributed by atoms with E-state index in [1.54, 1.807) is 24.3 Å². The fourth-order valence-corrected chi connectivity index (χ4v) is 2.40. The van der Waals surface area contributed by atoms with Gasteiger partial charge < -0.3 is 9.72 Å². The van der Waals surface area contributed by atoms with Gasteiger partial charge in [-0.2, -0.15) is 0 Å². The van der Waals surface area contributed by atoms with Gasteiger partial charge in [-0.3, -0.25) is 0 Å². The Morgan fingerprint density at radius 2 is 1.91 bits per heavy atom. The van der Waals surface area contributed by atoms with Crippen molar-refractivity contribution >= 4 is 30.2 Å². The molecule has 3 rings (SSSR count). The van der Waals surface area contributed by atoms with Gasteiger partial charge in [0.25, 0.3) is 0 Å². The zero-order chi connectivity index (χ0) is 15.9. The molecule has 0 bridgehead atoms. The number of esters is 1. The van der Waals surface area contributed by atoms with Crippen LogP contribution < -0.4 is 5.46 Å². The Morgan fingerprint density at radius 1 is 1.23 bits per heavy atom. The van der Waals surface area contributed by atoms with Crippen LogP contribution in [0, 0.1) is 11.6 Å². The van der Waals surface area contributed by atoms with Crippen LogP contribution in [0.5, 0.6) is 0 Å². The number of ether oxygens (including phenoxy) is 1. The van der Waals surface area contributed by atoms with E-state index in [9.17, 15) is 13.6 Å². The summed E-state index contributed by atoms with van der Waals surface area (Å²) < 4.78 is 32.2. The number of rotatable bonds is 2. The molecule has 3 aromatic rings. The molecule has 3 nitrogen and oxygen atoms in total. The van der Waals surface area contributed by atoms with Gasteiger partial charge in [0.2, 0.25) is 0 Å². The lowest BCUT2D eigenvalue weighted by Gasteiger charge is -2.04. The highest BCUT2D eigenvalue weighted by atomic mass is 19.1. The van der Waals surface area contributed by atoms with Crippen molar-refractivity contribution in [3.8, 4) is 11.3 Å². The summed E-state index contributed by atoms with van der Waals surface area (Å²) in [5.41, 5.74) is 1.66. The molecule has 0 aliphatic rings. The Bertz CT molecular complexity index is 878. The van der Waals surface area contributed by atoms with Crippen molar-refractivity contribution in [2.45, 2.75) is 0 Å². The van der Waals surface area contributed by atoms with Crippen LogP contribution in [0.3, 0.4) is 0 Å². The first-order chi connectivity index (χ1) is 10.5. The third kappa shape index (κ3) is 2.26. The quantitative estimate of drug-likeness (QED) is 0.584. The van der Waals surface area contributed by atoms with Gasteiger partial charge in [0.15, 0.2) is 0 Å². The lowest BCUT2D eigenvalue weighted by Crippen LogP contribution is -2.04. The van der Waals surface area contributed by atoms with Crippen LogP contribution in [0.25, 0.3) is 22.2 Å². The molecule has 0 unspecified atom stereocenters. The molecule has 110 valence electrons. The van der Waals surface area contributed by atoms with E-state index in [4.69, 9.17) is 12.6 Å². The van der Waals surface area contributed by atoms with E-state index in [0.29, 0.717) is 16.7 Å². The van der Waals surface area contributed by atoms with Crippen molar-refractivity contribution in [2.75, 3.05) is 7.11 Å². The van der Waals surface area contributed by atoms with Gasteiger partial charge in [0, 0.05) is 12.9 Å². The molecule has 2 radical (unpaired) electrons. The van der Waals surface area contributed by atoms with E-state index in [1.807, 2.05) is 0 Å². The average Bonchev–Trinajstić information content (AvgIpc) is 2.87. The number of carbonyl (C=O) groups excluding carboxylic acids is 1. The highest BCUT2D eigenvalue weighted by molar-refractivity contribution is 6.32. The number of H-pyrrole nitrogens is 1. The Hall–Kier alpha value is -2.63. The molecule has 0 saturated carbocycles. The number of methoxy groups -OCH3 is 1. The predicted molar refractivity (Wildman–Crippen MR) is 82.5 cm³/mol. The van der Waals surface area contributed by atoms with Crippen LogP contribution >= 0.6 is 0 Å². The Labute approximate surface area is 127 Å². The maximum Gasteiger partial charge on any atom is 0.340 e. The molecule has 0 saturated heterocycles. The maximum atomic E-state index is 13.9. The van der Waals surface area contributed by atoms with Crippen molar-refractivity contribution in [3.63, 3.8) is 0 Å². The number of hydrogen-bond donors (Lipinski definition) is 1. The van der Waals surface area contributed by atoms with Gasteiger partial charge >= 0.3 is 5.97 Å². The molecule has 22 heavy (non-hydrogen) atoms. The topological polar surface area (TPSA) is 42.1 Å². The van der Waals surface area contributed by atoms with Crippen LogP contribution in [0.1, 0.15) is 11.8 Å². The zero-order valence-corrected chi connectivity index (χ0v) is 11.6. The van der Waals surface area contributed by atoms with Crippen molar-refractivity contribution in [2.24, 2.45) is 0 Å². The number of nitrogens with one attached hydrogen (secondary N) is 1. The summed E-state index contributed by atoms with van der Waals surface area (Å²) in [6.07, 6.45) is 0. The summed E-state index contributed by atoms with van der Waals surface area (Å²) in [5.74, 6) is -2.22. The molecule has 1 N–H and O–H groups in total. The molecule has 0 aliphatic carbocycles. The summed E-state index contributed by atoms with van der Waals surface area (Å²) in [5, 5.41) is 0.135. The molecule has 0 aliphatic heterocycles. The van der Waals surface area contributed by atoms with Gasteiger partial charge in [-0.25, -0.2) is 13.6 Å². The number of fused-ring (bicyclic) bond motifs is 1. The minimum atomic E-state index is -0.776. The fraction of sp³-hybridized carbons (Fsp3) is 0.0625. The van der Waals surface area contributed by atoms with Crippen molar-refractivity contribution < 1.29 is 19.7 Å². The number of benzene rings is 2. The zero-order valence-electron chi connectivity index (χ0n) is 11.6. The van der Waals surface area contributed by atoms with Crippen molar-refractivity contribution in [3.05, 3.63) is 53.6 Å². The Kier molecular flexibility index (Phi) is 3.44. The summed E-state index contributed by atoms with van der Waals surface area (Å²) in [6, 6.07) is 8.52. The summed E-state index contributed by atoms with van der Waals surface area (Å²) in [7, 11) is 6.85. The normalized spacial score (nSPS) is 10.9. The molecule has 0 amide bonds.